The van der Waals surface area contributed by atoms with Gasteiger partial charge in [-0.15, -0.1) is 0 Å². The van der Waals surface area contributed by atoms with Gasteiger partial charge in [-0.3, -0.25) is 4.79 Å². The van der Waals surface area contributed by atoms with E-state index in [0.29, 0.717) is 24.5 Å². The van der Waals surface area contributed by atoms with Crippen molar-refractivity contribution >= 4 is 5.78 Å². The Balaban J connectivity index is 2.01. The van der Waals surface area contributed by atoms with Crippen LogP contribution in [-0.2, 0) is 17.8 Å². The van der Waals surface area contributed by atoms with Crippen molar-refractivity contribution in [1.82, 2.24) is 4.98 Å². The summed E-state index contributed by atoms with van der Waals surface area (Å²) in [6.45, 7) is 1.86. The molecular formula is C16H14N2O2. The first-order valence-corrected chi connectivity index (χ1v) is 6.24. The van der Waals surface area contributed by atoms with Crippen molar-refractivity contribution in [3.05, 3.63) is 59.4 Å². The van der Waals surface area contributed by atoms with Crippen LogP contribution >= 0.6 is 0 Å². The van der Waals surface area contributed by atoms with E-state index in [-0.39, 0.29) is 5.78 Å². The lowest BCUT2D eigenvalue weighted by atomic mass is 10.1. The molecule has 100 valence electrons. The second kappa shape index (κ2) is 6.48. The number of ether oxygens (including phenoxy) is 1. The molecule has 0 amide bonds. The average Bonchev–Trinajstić information content (AvgIpc) is 2.46. The molecule has 0 aliphatic carbocycles. The molecule has 0 aliphatic heterocycles. The third kappa shape index (κ3) is 3.66. The van der Waals surface area contributed by atoms with Crippen LogP contribution in [0.3, 0.4) is 0 Å². The van der Waals surface area contributed by atoms with Gasteiger partial charge in [-0.1, -0.05) is 18.2 Å². The Hall–Kier alpha value is -2.67. The Kier molecular flexibility index (Phi) is 4.46. The first-order chi connectivity index (χ1) is 9.69. The maximum atomic E-state index is 11.0. The first kappa shape index (κ1) is 13.8. The highest BCUT2D eigenvalue weighted by molar-refractivity contribution is 5.78. The van der Waals surface area contributed by atoms with Gasteiger partial charge in [0, 0.05) is 18.2 Å². The van der Waals surface area contributed by atoms with Gasteiger partial charge in [0.15, 0.2) is 0 Å². The largest absolute Gasteiger partial charge is 0.489 e. The number of hydrogen-bond acceptors (Lipinski definition) is 4. The van der Waals surface area contributed by atoms with Crippen molar-refractivity contribution in [2.24, 2.45) is 0 Å². The van der Waals surface area contributed by atoms with Crippen molar-refractivity contribution in [1.29, 1.82) is 5.26 Å². The fraction of sp³-hybridized carbons (Fsp3) is 0.188. The van der Waals surface area contributed by atoms with Crippen LogP contribution in [-0.4, -0.2) is 10.8 Å². The van der Waals surface area contributed by atoms with E-state index in [0.717, 1.165) is 11.1 Å². The van der Waals surface area contributed by atoms with Crippen LogP contribution in [0, 0.1) is 11.3 Å². The van der Waals surface area contributed by atoms with Gasteiger partial charge in [0.05, 0.1) is 0 Å². The number of nitrogens with zero attached hydrogens (tertiary/aromatic N) is 2. The summed E-state index contributed by atoms with van der Waals surface area (Å²) < 4.78 is 5.62. The number of hydrogen-bond donors (Lipinski definition) is 0. The zero-order valence-electron chi connectivity index (χ0n) is 11.2. The van der Waals surface area contributed by atoms with Gasteiger partial charge in [-0.25, -0.2) is 4.98 Å². The van der Waals surface area contributed by atoms with Gasteiger partial charge in [0.25, 0.3) is 0 Å². The van der Waals surface area contributed by atoms with E-state index < -0.39 is 0 Å². The summed E-state index contributed by atoms with van der Waals surface area (Å²) in [5.41, 5.74) is 2.09. The van der Waals surface area contributed by atoms with Crippen LogP contribution in [0.1, 0.15) is 23.7 Å². The molecule has 2 aromatic rings. The van der Waals surface area contributed by atoms with E-state index in [1.54, 1.807) is 19.2 Å². The zero-order chi connectivity index (χ0) is 14.4. The Morgan fingerprint density at radius 1 is 1.30 bits per heavy atom. The van der Waals surface area contributed by atoms with Gasteiger partial charge < -0.3 is 4.74 Å². The molecule has 1 aromatic carbocycles. The molecule has 0 radical (unpaired) electrons. The van der Waals surface area contributed by atoms with Crippen LogP contribution in [0.4, 0.5) is 0 Å². The lowest BCUT2D eigenvalue weighted by Crippen LogP contribution is -2.00. The summed E-state index contributed by atoms with van der Waals surface area (Å²) in [7, 11) is 0. The van der Waals surface area contributed by atoms with Gasteiger partial charge in [-0.05, 0) is 30.7 Å². The molecule has 4 heteroatoms. The summed E-state index contributed by atoms with van der Waals surface area (Å²) >= 11 is 0. The number of Topliss-reactive ketones (excluding diaryl/α,β-unsaturated/α-hetero) is 1. The summed E-state index contributed by atoms with van der Waals surface area (Å²) in [6.07, 6.45) is 2.01. The zero-order valence-corrected chi connectivity index (χ0v) is 11.2. The summed E-state index contributed by atoms with van der Waals surface area (Å²) in [5, 5.41) is 8.94. The quantitative estimate of drug-likeness (QED) is 0.834. The molecule has 0 spiro atoms. The van der Waals surface area contributed by atoms with Crippen molar-refractivity contribution in [2.45, 2.75) is 20.0 Å². The fourth-order valence-corrected chi connectivity index (χ4v) is 1.81. The van der Waals surface area contributed by atoms with Crippen molar-refractivity contribution < 1.29 is 9.53 Å². The van der Waals surface area contributed by atoms with E-state index in [2.05, 4.69) is 4.98 Å². The molecule has 0 saturated carbocycles. The smallest absolute Gasteiger partial charge is 0.147 e. The predicted molar refractivity (Wildman–Crippen MR) is 74.1 cm³/mol. The second-order valence-electron chi connectivity index (χ2n) is 4.43. The van der Waals surface area contributed by atoms with Gasteiger partial charge in [-0.2, -0.15) is 5.26 Å². The fourth-order valence-electron chi connectivity index (χ4n) is 1.81. The SMILES string of the molecule is CC(=O)Cc1ccc(OCc2cccnc2C#N)cc1. The molecule has 0 saturated heterocycles. The third-order valence-electron chi connectivity index (χ3n) is 2.77. The molecule has 20 heavy (non-hydrogen) atoms. The van der Waals surface area contributed by atoms with E-state index in [4.69, 9.17) is 10.00 Å². The molecule has 2 rings (SSSR count). The minimum absolute atomic E-state index is 0.132. The number of nitriles is 1. The number of benzene rings is 1. The van der Waals surface area contributed by atoms with Crippen LogP contribution in [0.15, 0.2) is 42.6 Å². The second-order valence-corrected chi connectivity index (χ2v) is 4.43. The number of pyridine rings is 1. The summed E-state index contributed by atoms with van der Waals surface area (Å²) in [4.78, 5) is 15.0. The molecule has 0 bridgehead atoms. The lowest BCUT2D eigenvalue weighted by Gasteiger charge is -2.07. The van der Waals surface area contributed by atoms with Crippen molar-refractivity contribution in [3.8, 4) is 11.8 Å². The van der Waals surface area contributed by atoms with Crippen LogP contribution in [0.25, 0.3) is 0 Å². The highest BCUT2D eigenvalue weighted by atomic mass is 16.5. The predicted octanol–water partition coefficient (Wildman–Crippen LogP) is 2.66. The number of carbonyl (C=O) groups excluding carboxylic acids is 1. The molecule has 0 unspecified atom stereocenters. The van der Waals surface area contributed by atoms with E-state index in [9.17, 15) is 4.79 Å². The molecule has 0 N–H and O–H groups in total. The molecule has 1 heterocycles. The Labute approximate surface area is 117 Å². The van der Waals surface area contributed by atoms with E-state index in [1.807, 2.05) is 36.4 Å². The number of ketones is 1. The monoisotopic (exact) mass is 266 g/mol. The number of aromatic nitrogens is 1. The highest BCUT2D eigenvalue weighted by Crippen LogP contribution is 2.15. The molecular weight excluding hydrogens is 252 g/mol. The van der Waals surface area contributed by atoms with E-state index in [1.165, 1.54) is 0 Å². The van der Waals surface area contributed by atoms with Crippen LogP contribution < -0.4 is 4.74 Å². The molecule has 0 atom stereocenters. The van der Waals surface area contributed by atoms with Gasteiger partial charge in [0.2, 0.25) is 0 Å². The first-order valence-electron chi connectivity index (χ1n) is 6.24. The molecule has 1 aromatic heterocycles. The normalized spacial score (nSPS) is 9.80. The number of carbonyl (C=O) groups is 1. The maximum Gasteiger partial charge on any atom is 0.147 e. The Morgan fingerprint density at radius 3 is 2.70 bits per heavy atom. The summed E-state index contributed by atoms with van der Waals surface area (Å²) in [6, 6.07) is 13.0. The van der Waals surface area contributed by atoms with Gasteiger partial charge >= 0.3 is 0 Å². The van der Waals surface area contributed by atoms with Crippen molar-refractivity contribution in [3.63, 3.8) is 0 Å². The maximum absolute atomic E-state index is 11.0. The third-order valence-corrected chi connectivity index (χ3v) is 2.77. The Morgan fingerprint density at radius 2 is 2.05 bits per heavy atom. The number of rotatable bonds is 5. The molecule has 4 nitrogen and oxygen atoms in total. The molecule has 0 aliphatic rings. The van der Waals surface area contributed by atoms with Crippen LogP contribution in [0.5, 0.6) is 5.75 Å². The minimum atomic E-state index is 0.132. The topological polar surface area (TPSA) is 63.0 Å². The van der Waals surface area contributed by atoms with Gasteiger partial charge in [0.1, 0.15) is 29.9 Å². The lowest BCUT2D eigenvalue weighted by molar-refractivity contribution is -0.116. The summed E-state index contributed by atoms with van der Waals surface area (Å²) in [5.74, 6) is 0.831. The van der Waals surface area contributed by atoms with Crippen molar-refractivity contribution in [2.75, 3.05) is 0 Å². The molecule has 0 fully saturated rings. The standard InChI is InChI=1S/C16H14N2O2/c1-12(19)9-13-4-6-15(7-5-13)20-11-14-3-2-8-18-16(14)10-17/h2-8H,9,11H2,1H3. The minimum Gasteiger partial charge on any atom is -0.489 e. The average molecular weight is 266 g/mol. The van der Waals surface area contributed by atoms with Crippen LogP contribution in [0.2, 0.25) is 0 Å². The highest BCUT2D eigenvalue weighted by Gasteiger charge is 2.04. The van der Waals surface area contributed by atoms with E-state index >= 15 is 0 Å². The Bertz CT molecular complexity index is 642.